The van der Waals surface area contributed by atoms with Crippen LogP contribution in [0.5, 0.6) is 0 Å². The molecule has 24 heavy (non-hydrogen) atoms. The van der Waals surface area contributed by atoms with Crippen molar-refractivity contribution >= 4 is 6.09 Å². The smallest absolute Gasteiger partial charge is 0.410 e. The summed E-state index contributed by atoms with van der Waals surface area (Å²) in [6.07, 6.45) is 2.50. The third kappa shape index (κ3) is 4.94. The van der Waals surface area contributed by atoms with Crippen LogP contribution in [0.15, 0.2) is 30.3 Å². The third-order valence-corrected chi connectivity index (χ3v) is 4.22. The number of amides is 1. The molecule has 1 aliphatic rings. The number of carbonyl (C=O) groups is 1. The van der Waals surface area contributed by atoms with Gasteiger partial charge in [0, 0.05) is 29.5 Å². The molecule has 1 saturated heterocycles. The summed E-state index contributed by atoms with van der Waals surface area (Å²) in [6.45, 7) is 6.19. The monoisotopic (exact) mass is 334 g/mol. The van der Waals surface area contributed by atoms with Crippen molar-refractivity contribution in [2.45, 2.75) is 64.1 Å². The van der Waals surface area contributed by atoms with Crippen LogP contribution >= 0.6 is 0 Å². The lowest BCUT2D eigenvalue weighted by atomic mass is 9.99. The number of ether oxygens (including phenoxy) is 1. The van der Waals surface area contributed by atoms with Gasteiger partial charge in [-0.2, -0.15) is 0 Å². The van der Waals surface area contributed by atoms with Gasteiger partial charge in [0.1, 0.15) is 5.60 Å². The molecule has 6 nitrogen and oxygen atoms in total. The van der Waals surface area contributed by atoms with Crippen LogP contribution in [0.2, 0.25) is 0 Å². The minimum atomic E-state index is -0.729. The van der Waals surface area contributed by atoms with Gasteiger partial charge < -0.3 is 9.64 Å². The summed E-state index contributed by atoms with van der Waals surface area (Å²) in [6, 6.07) is 8.34. The van der Waals surface area contributed by atoms with Gasteiger partial charge in [-0.25, -0.2) is 4.79 Å². The zero-order valence-corrected chi connectivity index (χ0v) is 14.6. The van der Waals surface area contributed by atoms with E-state index in [1.165, 1.54) is 0 Å². The van der Waals surface area contributed by atoms with E-state index in [1.54, 1.807) is 17.0 Å². The number of carbonyl (C=O) groups excluding carboxylic acids is 1. The molecule has 2 rings (SSSR count). The molecule has 0 spiro atoms. The Morgan fingerprint density at radius 1 is 1.38 bits per heavy atom. The Balaban J connectivity index is 1.98. The van der Waals surface area contributed by atoms with E-state index in [-0.39, 0.29) is 17.1 Å². The van der Waals surface area contributed by atoms with Crippen LogP contribution in [0, 0.1) is 10.1 Å². The molecule has 0 saturated carbocycles. The van der Waals surface area contributed by atoms with Crippen molar-refractivity contribution in [3.8, 4) is 0 Å². The molecule has 0 aliphatic carbocycles. The standard InChI is InChI=1S/C18H26N2O4/c1-18(2,3)24-17(21)19-13-7-10-15(19)11-12-16(20(22)23)14-8-5-4-6-9-14/h4-6,8-9,15-16H,7,10-13H2,1-3H3. The summed E-state index contributed by atoms with van der Waals surface area (Å²) in [5.41, 5.74) is 0.182. The van der Waals surface area contributed by atoms with Crippen LogP contribution in [0.1, 0.15) is 58.1 Å². The van der Waals surface area contributed by atoms with Gasteiger partial charge in [-0.05, 0) is 40.0 Å². The zero-order chi connectivity index (χ0) is 17.7. The van der Waals surface area contributed by atoms with Gasteiger partial charge in [0.25, 0.3) is 0 Å². The van der Waals surface area contributed by atoms with Gasteiger partial charge in [0.2, 0.25) is 6.04 Å². The number of rotatable bonds is 5. The zero-order valence-electron chi connectivity index (χ0n) is 14.6. The highest BCUT2D eigenvalue weighted by Gasteiger charge is 2.34. The second-order valence-electron chi connectivity index (χ2n) is 7.26. The first-order valence-corrected chi connectivity index (χ1v) is 8.46. The topological polar surface area (TPSA) is 72.7 Å². The molecule has 132 valence electrons. The highest BCUT2D eigenvalue weighted by atomic mass is 16.6. The molecule has 2 unspecified atom stereocenters. The normalized spacial score (nSPS) is 19.1. The van der Waals surface area contributed by atoms with Crippen LogP contribution in [-0.2, 0) is 4.74 Å². The van der Waals surface area contributed by atoms with Gasteiger partial charge in [-0.15, -0.1) is 0 Å². The Hall–Kier alpha value is -2.11. The number of hydrogen-bond donors (Lipinski definition) is 0. The summed E-state index contributed by atoms with van der Waals surface area (Å²) in [4.78, 5) is 25.2. The van der Waals surface area contributed by atoms with Crippen LogP contribution in [-0.4, -0.2) is 34.1 Å². The first kappa shape index (κ1) is 18.2. The Kier molecular flexibility index (Phi) is 5.80. The van der Waals surface area contributed by atoms with E-state index in [0.29, 0.717) is 24.9 Å². The molecule has 0 aromatic heterocycles. The molecule has 1 amide bonds. The fraction of sp³-hybridized carbons (Fsp3) is 0.611. The maximum atomic E-state index is 12.3. The predicted molar refractivity (Wildman–Crippen MR) is 91.4 cm³/mol. The molecule has 1 aromatic carbocycles. The Labute approximate surface area is 142 Å². The lowest BCUT2D eigenvalue weighted by Gasteiger charge is -2.28. The van der Waals surface area contributed by atoms with E-state index in [1.807, 2.05) is 39.0 Å². The number of nitro groups is 1. The van der Waals surface area contributed by atoms with Gasteiger partial charge >= 0.3 is 6.09 Å². The molecule has 0 N–H and O–H groups in total. The average Bonchev–Trinajstić information content (AvgIpc) is 2.95. The summed E-state index contributed by atoms with van der Waals surface area (Å²) < 4.78 is 5.44. The first-order valence-electron chi connectivity index (χ1n) is 8.46. The Bertz CT molecular complexity index is 568. The maximum absolute atomic E-state index is 12.3. The second kappa shape index (κ2) is 7.64. The van der Waals surface area contributed by atoms with Crippen LogP contribution in [0.3, 0.4) is 0 Å². The quantitative estimate of drug-likeness (QED) is 0.598. The van der Waals surface area contributed by atoms with Crippen molar-refractivity contribution in [3.05, 3.63) is 46.0 Å². The summed E-state index contributed by atoms with van der Waals surface area (Å²) >= 11 is 0. The number of likely N-dealkylation sites (tertiary alicyclic amines) is 1. The predicted octanol–water partition coefficient (Wildman–Crippen LogP) is 4.18. The van der Waals surface area contributed by atoms with Gasteiger partial charge in [0.15, 0.2) is 0 Å². The largest absolute Gasteiger partial charge is 0.444 e. The molecule has 1 aromatic rings. The molecular formula is C18H26N2O4. The van der Waals surface area contributed by atoms with Gasteiger partial charge in [-0.3, -0.25) is 10.1 Å². The van der Waals surface area contributed by atoms with Gasteiger partial charge in [-0.1, -0.05) is 30.3 Å². The summed E-state index contributed by atoms with van der Waals surface area (Å²) in [7, 11) is 0. The number of benzene rings is 1. The first-order chi connectivity index (χ1) is 11.3. The lowest BCUT2D eigenvalue weighted by molar-refractivity contribution is -0.530. The van der Waals surface area contributed by atoms with Crippen molar-refractivity contribution in [1.29, 1.82) is 0 Å². The number of hydrogen-bond acceptors (Lipinski definition) is 4. The third-order valence-electron chi connectivity index (χ3n) is 4.22. The van der Waals surface area contributed by atoms with Crippen molar-refractivity contribution in [3.63, 3.8) is 0 Å². The molecule has 1 aliphatic heterocycles. The van der Waals surface area contributed by atoms with Crippen molar-refractivity contribution in [2.24, 2.45) is 0 Å². The van der Waals surface area contributed by atoms with E-state index in [4.69, 9.17) is 4.74 Å². The fourth-order valence-electron chi connectivity index (χ4n) is 3.12. The van der Waals surface area contributed by atoms with Gasteiger partial charge in [0.05, 0.1) is 0 Å². The van der Waals surface area contributed by atoms with E-state index >= 15 is 0 Å². The molecule has 6 heteroatoms. The van der Waals surface area contributed by atoms with E-state index in [0.717, 1.165) is 12.8 Å². The summed E-state index contributed by atoms with van der Waals surface area (Å²) in [5.74, 6) is 0. The second-order valence-corrected chi connectivity index (χ2v) is 7.26. The Morgan fingerprint density at radius 2 is 2.04 bits per heavy atom. The molecule has 1 fully saturated rings. The molecular weight excluding hydrogens is 308 g/mol. The molecule has 0 radical (unpaired) electrons. The fourth-order valence-corrected chi connectivity index (χ4v) is 3.12. The number of nitrogens with zero attached hydrogens (tertiary/aromatic N) is 2. The van der Waals surface area contributed by atoms with Crippen LogP contribution < -0.4 is 0 Å². The minimum absolute atomic E-state index is 0.0195. The highest BCUT2D eigenvalue weighted by molar-refractivity contribution is 5.68. The highest BCUT2D eigenvalue weighted by Crippen LogP contribution is 2.29. The van der Waals surface area contributed by atoms with E-state index < -0.39 is 11.6 Å². The lowest BCUT2D eigenvalue weighted by Crippen LogP contribution is -2.40. The molecule has 1 heterocycles. The van der Waals surface area contributed by atoms with Crippen molar-refractivity contribution in [1.82, 2.24) is 4.90 Å². The van der Waals surface area contributed by atoms with E-state index in [9.17, 15) is 14.9 Å². The minimum Gasteiger partial charge on any atom is -0.444 e. The summed E-state index contributed by atoms with van der Waals surface area (Å²) in [5, 5.41) is 11.4. The average molecular weight is 334 g/mol. The van der Waals surface area contributed by atoms with Crippen LogP contribution in [0.25, 0.3) is 0 Å². The maximum Gasteiger partial charge on any atom is 0.410 e. The SMILES string of the molecule is CC(C)(C)OC(=O)N1CCCC1CCC(c1ccccc1)[N+](=O)[O-]. The van der Waals surface area contributed by atoms with E-state index in [2.05, 4.69) is 0 Å². The van der Waals surface area contributed by atoms with Crippen molar-refractivity contribution in [2.75, 3.05) is 6.54 Å². The molecule has 2 atom stereocenters. The molecule has 0 bridgehead atoms. The Morgan fingerprint density at radius 3 is 2.62 bits per heavy atom. The van der Waals surface area contributed by atoms with Crippen molar-refractivity contribution < 1.29 is 14.5 Å². The van der Waals surface area contributed by atoms with Crippen LogP contribution in [0.4, 0.5) is 4.79 Å².